The molecule has 3 N–H and O–H groups in total. The van der Waals surface area contributed by atoms with Gasteiger partial charge in [0.2, 0.25) is 0 Å². The van der Waals surface area contributed by atoms with Crippen molar-refractivity contribution in [2.75, 3.05) is 18.4 Å². The van der Waals surface area contributed by atoms with E-state index in [4.69, 9.17) is 0 Å². The van der Waals surface area contributed by atoms with Crippen LogP contribution in [0.25, 0.3) is 11.1 Å². The van der Waals surface area contributed by atoms with Gasteiger partial charge < -0.3 is 15.5 Å². The average molecular weight is 784 g/mol. The van der Waals surface area contributed by atoms with Gasteiger partial charge in [0.15, 0.2) is 5.78 Å². The summed E-state index contributed by atoms with van der Waals surface area (Å²) in [4.78, 5) is 64.8. The fourth-order valence-corrected chi connectivity index (χ4v) is 9.13. The number of nitrogens with one attached hydrogen (secondary N) is 1. The summed E-state index contributed by atoms with van der Waals surface area (Å²) in [5.41, 5.74) is 10.4. The third-order valence-electron chi connectivity index (χ3n) is 12.8. The second-order valence-electron chi connectivity index (χ2n) is 16.8. The monoisotopic (exact) mass is 783 g/mol. The maximum Gasteiger partial charge on any atom is 0.320 e. The van der Waals surface area contributed by atoms with Crippen LogP contribution in [0.15, 0.2) is 60.9 Å². The average Bonchev–Trinajstić information content (AvgIpc) is 4.16. The molecule has 4 aromatic rings. The number of nitrogens with zero attached hydrogens (tertiary/aromatic N) is 4. The van der Waals surface area contributed by atoms with Crippen LogP contribution in [0.1, 0.15) is 136 Å². The number of carboxylic acids is 2. The third kappa shape index (κ3) is 8.61. The molecule has 2 saturated carbocycles. The predicted octanol–water partition coefficient (Wildman–Crippen LogP) is 8.07. The first kappa shape index (κ1) is 39.6. The molecule has 2 aliphatic heterocycles. The number of amides is 1. The molecule has 0 bridgehead atoms. The number of benzene rings is 2. The zero-order valence-electron chi connectivity index (χ0n) is 33.5. The molecule has 0 radical (unpaired) electrons. The highest BCUT2D eigenvalue weighted by Gasteiger charge is 2.34. The van der Waals surface area contributed by atoms with Gasteiger partial charge in [0, 0.05) is 37.6 Å². The highest BCUT2D eigenvalue weighted by atomic mass is 16.4. The van der Waals surface area contributed by atoms with Crippen LogP contribution >= 0.6 is 0 Å². The number of aliphatic carboxylic acids is 2. The van der Waals surface area contributed by atoms with Gasteiger partial charge in [-0.1, -0.05) is 43.2 Å². The van der Waals surface area contributed by atoms with Crippen molar-refractivity contribution >= 4 is 29.3 Å². The molecular formula is C47H53N5O6. The summed E-state index contributed by atoms with van der Waals surface area (Å²) >= 11 is 0. The summed E-state index contributed by atoms with van der Waals surface area (Å²) in [7, 11) is 0. The van der Waals surface area contributed by atoms with Gasteiger partial charge in [-0.3, -0.25) is 38.9 Å². The maximum absolute atomic E-state index is 13.8. The molecular weight excluding hydrogens is 731 g/mol. The normalized spacial score (nSPS) is 20.1. The van der Waals surface area contributed by atoms with Crippen LogP contribution in [0.3, 0.4) is 0 Å². The van der Waals surface area contributed by atoms with Crippen LogP contribution in [-0.4, -0.2) is 78.8 Å². The molecule has 8 rings (SSSR count). The minimum atomic E-state index is -0.783. The van der Waals surface area contributed by atoms with Gasteiger partial charge in [0.05, 0.1) is 0 Å². The number of Topliss-reactive ketones (excluding diaryl/α,β-unsaturated/α-hetero) is 1. The number of carbonyl (C=O) groups is 4. The van der Waals surface area contributed by atoms with Gasteiger partial charge in [0.1, 0.15) is 23.5 Å². The highest BCUT2D eigenvalue weighted by molar-refractivity contribution is 6.04. The number of hydrogen-bond donors (Lipinski definition) is 3. The van der Waals surface area contributed by atoms with Crippen molar-refractivity contribution < 1.29 is 29.4 Å². The predicted molar refractivity (Wildman–Crippen MR) is 221 cm³/mol. The Bertz CT molecular complexity index is 2090. The number of carbonyl (C=O) groups excluding carboxylic acids is 2. The van der Waals surface area contributed by atoms with Gasteiger partial charge in [-0.15, -0.1) is 0 Å². The van der Waals surface area contributed by atoms with Gasteiger partial charge in [-0.2, -0.15) is 0 Å². The minimum Gasteiger partial charge on any atom is -0.480 e. The topological polar surface area (TPSA) is 153 Å². The summed E-state index contributed by atoms with van der Waals surface area (Å²) in [6.07, 6.45) is 13.1. The van der Waals surface area contributed by atoms with Gasteiger partial charge >= 0.3 is 11.9 Å². The van der Waals surface area contributed by atoms with Crippen LogP contribution in [0.4, 0.5) is 5.69 Å². The standard InChI is InChI=1S/C47H53N5O6/c1-28-32(21-44(53)40-22-37(30-15-16-30)33(24-48-40)26-51-19-5-3-13-42(51)46(55)56)9-7-10-35(28)36-11-8-12-39(29(36)2)50-45(54)41-23-38(31-17-18-31)34(25-49-41)27-52-20-6-4-14-43(52)47(57)58/h7-12,22-25,30-31,42-43H,3-6,13-21,26-27H2,1-2H3,(H,50,54)(H,55,56)(H,57,58)/t42-,43-/m0/s1. The number of rotatable bonds is 14. The van der Waals surface area contributed by atoms with E-state index in [1.165, 1.54) is 0 Å². The Hall–Kier alpha value is -5.26. The smallest absolute Gasteiger partial charge is 0.320 e. The molecule has 58 heavy (non-hydrogen) atoms. The van der Waals surface area contributed by atoms with Crippen LogP contribution in [-0.2, 0) is 29.1 Å². The SMILES string of the molecule is Cc1c(CC(=O)c2cc(C3CC3)c(CN3CCCC[C@H]3C(=O)O)cn2)cccc1-c1cccc(NC(=O)c2cc(C3CC3)c(CN3CCCC[C@H]3C(=O)O)cn2)c1C. The largest absolute Gasteiger partial charge is 0.480 e. The highest BCUT2D eigenvalue weighted by Crippen LogP contribution is 2.44. The Morgan fingerprint density at radius 2 is 1.17 bits per heavy atom. The Kier molecular flexibility index (Phi) is 11.5. The van der Waals surface area contributed by atoms with Crippen LogP contribution in [0.5, 0.6) is 0 Å². The van der Waals surface area contributed by atoms with Crippen LogP contribution < -0.4 is 5.32 Å². The number of likely N-dealkylation sites (tertiary alicyclic amines) is 2. The number of pyridine rings is 2. The first-order valence-corrected chi connectivity index (χ1v) is 21.0. The van der Waals surface area contributed by atoms with E-state index in [0.29, 0.717) is 54.8 Å². The summed E-state index contributed by atoms with van der Waals surface area (Å²) in [5, 5.41) is 22.7. The first-order chi connectivity index (χ1) is 28.0. The lowest BCUT2D eigenvalue weighted by molar-refractivity contribution is -0.145. The number of carboxylic acid groups (broad SMARTS) is 2. The second-order valence-corrected chi connectivity index (χ2v) is 16.8. The Balaban J connectivity index is 0.976. The quantitative estimate of drug-likeness (QED) is 0.107. The fourth-order valence-electron chi connectivity index (χ4n) is 9.13. The number of ketones is 1. The molecule has 2 aliphatic carbocycles. The Morgan fingerprint density at radius 3 is 1.72 bits per heavy atom. The lowest BCUT2D eigenvalue weighted by Crippen LogP contribution is -2.44. The van der Waals surface area contributed by atoms with Gasteiger partial charge in [-0.05, 0) is 158 Å². The molecule has 11 nitrogen and oxygen atoms in total. The van der Waals surface area contributed by atoms with E-state index in [0.717, 1.165) is 115 Å². The summed E-state index contributed by atoms with van der Waals surface area (Å²) in [5.74, 6) is -1.18. The number of piperidine rings is 2. The Labute approximate surface area is 339 Å². The summed E-state index contributed by atoms with van der Waals surface area (Å²) in [6.45, 7) is 6.55. The molecule has 0 spiro atoms. The van der Waals surface area contributed by atoms with Crippen molar-refractivity contribution in [1.82, 2.24) is 19.8 Å². The van der Waals surface area contributed by atoms with Crippen molar-refractivity contribution in [3.63, 3.8) is 0 Å². The van der Waals surface area contributed by atoms with E-state index in [-0.39, 0.29) is 18.1 Å². The van der Waals surface area contributed by atoms with Gasteiger partial charge in [-0.25, -0.2) is 0 Å². The number of aromatic nitrogens is 2. The van der Waals surface area contributed by atoms with Crippen molar-refractivity contribution in [2.24, 2.45) is 0 Å². The molecule has 4 fully saturated rings. The molecule has 2 atom stereocenters. The molecule has 4 aliphatic rings. The van der Waals surface area contributed by atoms with Crippen molar-refractivity contribution in [3.05, 3.63) is 111 Å². The van der Waals surface area contributed by atoms with Crippen molar-refractivity contribution in [1.29, 1.82) is 0 Å². The molecule has 11 heteroatoms. The fraction of sp³-hybridized carbons (Fsp3) is 0.447. The van der Waals surface area contributed by atoms with E-state index >= 15 is 0 Å². The van der Waals surface area contributed by atoms with E-state index in [1.807, 2.05) is 72.2 Å². The first-order valence-electron chi connectivity index (χ1n) is 21.0. The third-order valence-corrected chi connectivity index (χ3v) is 12.8. The zero-order valence-corrected chi connectivity index (χ0v) is 33.5. The second kappa shape index (κ2) is 16.9. The maximum atomic E-state index is 13.8. The minimum absolute atomic E-state index is 0.0606. The molecule has 2 aromatic heterocycles. The van der Waals surface area contributed by atoms with Crippen molar-refractivity contribution in [3.8, 4) is 11.1 Å². The van der Waals surface area contributed by atoms with E-state index in [1.54, 1.807) is 12.4 Å². The molecule has 1 amide bonds. The summed E-state index contributed by atoms with van der Waals surface area (Å²) < 4.78 is 0. The Morgan fingerprint density at radius 1 is 0.655 bits per heavy atom. The summed E-state index contributed by atoms with van der Waals surface area (Å²) in [6, 6.07) is 14.7. The molecule has 0 unspecified atom stereocenters. The molecule has 2 aromatic carbocycles. The van der Waals surface area contributed by atoms with Crippen molar-refractivity contribution in [2.45, 2.75) is 121 Å². The van der Waals surface area contributed by atoms with E-state index < -0.39 is 24.0 Å². The molecule has 4 heterocycles. The number of anilines is 1. The van der Waals surface area contributed by atoms with Gasteiger partial charge in [0.25, 0.3) is 5.91 Å². The van der Waals surface area contributed by atoms with Crippen LogP contribution in [0.2, 0.25) is 0 Å². The zero-order chi connectivity index (χ0) is 40.5. The molecule has 2 saturated heterocycles. The lowest BCUT2D eigenvalue weighted by Gasteiger charge is -2.33. The van der Waals surface area contributed by atoms with Crippen LogP contribution in [0, 0.1) is 13.8 Å². The van der Waals surface area contributed by atoms with E-state index in [9.17, 15) is 29.4 Å². The lowest BCUT2D eigenvalue weighted by atomic mass is 9.90. The molecule has 302 valence electrons. The number of hydrogen-bond acceptors (Lipinski definition) is 8. The van der Waals surface area contributed by atoms with E-state index in [2.05, 4.69) is 15.3 Å².